The van der Waals surface area contributed by atoms with Crippen LogP contribution in [0.2, 0.25) is 0 Å². The van der Waals surface area contributed by atoms with Crippen molar-refractivity contribution < 1.29 is 14.6 Å². The molecule has 2 unspecified atom stereocenters. The highest BCUT2D eigenvalue weighted by atomic mass is 16.5. The molecule has 3 rings (SSSR count). The third-order valence-corrected chi connectivity index (χ3v) is 4.92. The molecule has 0 radical (unpaired) electrons. The summed E-state index contributed by atoms with van der Waals surface area (Å²) in [5.41, 5.74) is -0.732. The van der Waals surface area contributed by atoms with E-state index in [9.17, 15) is 9.90 Å². The fourth-order valence-corrected chi connectivity index (χ4v) is 3.51. The maximum atomic E-state index is 11.8. The van der Waals surface area contributed by atoms with Crippen LogP contribution in [-0.4, -0.2) is 37.9 Å². The minimum atomic E-state index is -0.732. The van der Waals surface area contributed by atoms with Crippen molar-refractivity contribution in [2.45, 2.75) is 58.1 Å². The molecule has 2 atom stereocenters. The molecule has 1 saturated carbocycles. The predicted molar refractivity (Wildman–Crippen MR) is 73.4 cm³/mol. The zero-order valence-electron chi connectivity index (χ0n) is 12.4. The second-order valence-corrected chi connectivity index (χ2v) is 6.40. The lowest BCUT2D eigenvalue weighted by Crippen LogP contribution is -2.38. The van der Waals surface area contributed by atoms with Crippen LogP contribution in [0.1, 0.15) is 57.4 Å². The Hall–Kier alpha value is -1.50. The molecular formula is C14H22N4O3. The van der Waals surface area contributed by atoms with Crippen molar-refractivity contribution in [2.75, 3.05) is 6.61 Å². The highest BCUT2D eigenvalue weighted by molar-refractivity contribution is 5.74. The van der Waals surface area contributed by atoms with E-state index >= 15 is 0 Å². The van der Waals surface area contributed by atoms with E-state index in [1.54, 1.807) is 4.68 Å². The van der Waals surface area contributed by atoms with Crippen LogP contribution >= 0.6 is 0 Å². The molecule has 1 aromatic rings. The summed E-state index contributed by atoms with van der Waals surface area (Å²) in [7, 11) is 0. The number of carboxylic acid groups (broad SMARTS) is 1. The number of aliphatic carboxylic acids is 1. The van der Waals surface area contributed by atoms with Gasteiger partial charge in [0.2, 0.25) is 0 Å². The first-order valence-electron chi connectivity index (χ1n) is 7.73. The first-order valence-corrected chi connectivity index (χ1v) is 7.73. The minimum absolute atomic E-state index is 0.116. The number of carboxylic acids is 1. The monoisotopic (exact) mass is 294 g/mol. The van der Waals surface area contributed by atoms with E-state index in [0.717, 1.165) is 25.7 Å². The molecular weight excluding hydrogens is 272 g/mol. The third kappa shape index (κ3) is 2.66. The third-order valence-electron chi connectivity index (χ3n) is 4.92. The van der Waals surface area contributed by atoms with Gasteiger partial charge in [-0.25, -0.2) is 4.68 Å². The topological polar surface area (TPSA) is 90.1 Å². The normalized spacial score (nSPS) is 28.6. The molecule has 1 N–H and O–H groups in total. The van der Waals surface area contributed by atoms with Gasteiger partial charge in [0.05, 0.1) is 12.0 Å². The van der Waals surface area contributed by atoms with Crippen molar-refractivity contribution in [3.63, 3.8) is 0 Å². The summed E-state index contributed by atoms with van der Waals surface area (Å²) in [4.78, 5) is 11.8. The average molecular weight is 294 g/mol. The van der Waals surface area contributed by atoms with Crippen molar-refractivity contribution in [3.05, 3.63) is 5.82 Å². The summed E-state index contributed by atoms with van der Waals surface area (Å²) < 4.78 is 7.38. The molecule has 7 nitrogen and oxygen atoms in total. The number of rotatable bonds is 4. The van der Waals surface area contributed by atoms with Crippen molar-refractivity contribution in [1.82, 2.24) is 20.2 Å². The molecule has 0 aromatic carbocycles. The molecule has 1 aliphatic heterocycles. The van der Waals surface area contributed by atoms with Gasteiger partial charge in [-0.2, -0.15) is 0 Å². The fraction of sp³-hybridized carbons (Fsp3) is 0.857. The van der Waals surface area contributed by atoms with Gasteiger partial charge in [0.15, 0.2) is 5.82 Å². The summed E-state index contributed by atoms with van der Waals surface area (Å²) in [6.07, 6.45) is 5.29. The Morgan fingerprint density at radius 1 is 1.43 bits per heavy atom. The maximum Gasteiger partial charge on any atom is 0.311 e. The van der Waals surface area contributed by atoms with Crippen LogP contribution in [0.25, 0.3) is 0 Å². The highest BCUT2D eigenvalue weighted by Crippen LogP contribution is 2.39. The smallest absolute Gasteiger partial charge is 0.311 e. The Balaban J connectivity index is 1.84. The van der Waals surface area contributed by atoms with Crippen LogP contribution in [0.15, 0.2) is 0 Å². The largest absolute Gasteiger partial charge is 0.481 e. The van der Waals surface area contributed by atoms with Crippen molar-refractivity contribution in [3.8, 4) is 0 Å². The van der Waals surface area contributed by atoms with Crippen molar-refractivity contribution in [2.24, 2.45) is 11.3 Å². The number of ether oxygens (including phenoxy) is 1. The van der Waals surface area contributed by atoms with Crippen LogP contribution in [-0.2, 0) is 16.1 Å². The van der Waals surface area contributed by atoms with Crippen LogP contribution < -0.4 is 0 Å². The Morgan fingerprint density at radius 2 is 2.19 bits per heavy atom. The van der Waals surface area contributed by atoms with E-state index in [4.69, 9.17) is 4.74 Å². The predicted octanol–water partition coefficient (Wildman–Crippen LogP) is 1.81. The molecule has 7 heteroatoms. The Morgan fingerprint density at radius 3 is 2.81 bits per heavy atom. The second-order valence-electron chi connectivity index (χ2n) is 6.40. The number of aromatic nitrogens is 4. The average Bonchev–Trinajstić information content (AvgIpc) is 3.08. The molecule has 21 heavy (non-hydrogen) atoms. The number of carbonyl (C=O) groups is 1. The summed E-state index contributed by atoms with van der Waals surface area (Å²) in [5, 5.41) is 21.5. The van der Waals surface area contributed by atoms with Gasteiger partial charge in [-0.1, -0.05) is 26.2 Å². The van der Waals surface area contributed by atoms with E-state index in [-0.39, 0.29) is 6.10 Å². The first-order chi connectivity index (χ1) is 10.1. The molecule has 1 saturated heterocycles. The van der Waals surface area contributed by atoms with E-state index in [1.807, 2.05) is 0 Å². The fourth-order valence-electron chi connectivity index (χ4n) is 3.51. The van der Waals surface area contributed by atoms with E-state index in [1.165, 1.54) is 0 Å². The van der Waals surface area contributed by atoms with Gasteiger partial charge >= 0.3 is 5.97 Å². The quantitative estimate of drug-likeness (QED) is 0.910. The minimum Gasteiger partial charge on any atom is -0.481 e. The van der Waals surface area contributed by atoms with Crippen molar-refractivity contribution >= 4 is 5.97 Å². The van der Waals surface area contributed by atoms with Crippen LogP contribution in [0, 0.1) is 11.3 Å². The molecule has 2 fully saturated rings. The van der Waals surface area contributed by atoms with Gasteiger partial charge in [-0.3, -0.25) is 4.79 Å². The molecule has 0 spiro atoms. The SMILES string of the molecule is CC1CCOC1c1nnnn1CC1(C(=O)O)CCCCC1. The molecule has 1 aliphatic carbocycles. The second kappa shape index (κ2) is 5.71. The summed E-state index contributed by atoms with van der Waals surface area (Å²) in [6, 6.07) is 0. The van der Waals surface area contributed by atoms with Gasteiger partial charge in [0.1, 0.15) is 6.10 Å². The van der Waals surface area contributed by atoms with Gasteiger partial charge in [0, 0.05) is 6.61 Å². The zero-order chi connectivity index (χ0) is 14.9. The zero-order valence-corrected chi connectivity index (χ0v) is 12.4. The Kier molecular flexibility index (Phi) is 3.93. The van der Waals surface area contributed by atoms with Crippen LogP contribution in [0.5, 0.6) is 0 Å². The lowest BCUT2D eigenvalue weighted by Gasteiger charge is -2.33. The molecule has 2 heterocycles. The van der Waals surface area contributed by atoms with Gasteiger partial charge in [-0.15, -0.1) is 5.10 Å². The van der Waals surface area contributed by atoms with Gasteiger partial charge in [0.25, 0.3) is 0 Å². The van der Waals surface area contributed by atoms with Gasteiger partial charge in [-0.05, 0) is 35.6 Å². The van der Waals surface area contributed by atoms with E-state index in [2.05, 4.69) is 22.4 Å². The number of nitrogens with zero attached hydrogens (tertiary/aromatic N) is 4. The first kappa shape index (κ1) is 14.4. The van der Waals surface area contributed by atoms with E-state index in [0.29, 0.717) is 37.7 Å². The summed E-state index contributed by atoms with van der Waals surface area (Å²) in [6.45, 7) is 3.17. The molecule has 1 aromatic heterocycles. The van der Waals surface area contributed by atoms with Gasteiger partial charge < -0.3 is 9.84 Å². The van der Waals surface area contributed by atoms with Crippen LogP contribution in [0.4, 0.5) is 0 Å². The number of hydrogen-bond acceptors (Lipinski definition) is 5. The standard InChI is InChI=1S/C14H22N4O3/c1-10-5-8-21-11(10)12-15-16-17-18(12)9-14(13(19)20)6-3-2-4-7-14/h10-11H,2-9H2,1H3,(H,19,20). The van der Waals surface area contributed by atoms with E-state index < -0.39 is 11.4 Å². The van der Waals surface area contributed by atoms with Crippen LogP contribution in [0.3, 0.4) is 0 Å². The molecule has 0 bridgehead atoms. The number of tetrazole rings is 1. The molecule has 2 aliphatic rings. The lowest BCUT2D eigenvalue weighted by molar-refractivity contribution is -0.152. The summed E-state index contributed by atoms with van der Waals surface area (Å²) in [5.74, 6) is 0.303. The maximum absolute atomic E-state index is 11.8. The lowest BCUT2D eigenvalue weighted by atomic mass is 9.74. The number of hydrogen-bond donors (Lipinski definition) is 1. The summed E-state index contributed by atoms with van der Waals surface area (Å²) >= 11 is 0. The molecule has 0 amide bonds. The Labute approximate surface area is 123 Å². The molecule has 116 valence electrons. The van der Waals surface area contributed by atoms with Crippen molar-refractivity contribution in [1.29, 1.82) is 0 Å². The Bertz CT molecular complexity index is 510. The highest BCUT2D eigenvalue weighted by Gasteiger charge is 2.42.